The molecule has 0 unspecified atom stereocenters. The number of halogens is 3. The first kappa shape index (κ1) is 13.7. The lowest BCUT2D eigenvalue weighted by Gasteiger charge is -2.08. The van der Waals surface area contributed by atoms with Crippen molar-refractivity contribution in [3.05, 3.63) is 37.8 Å². The van der Waals surface area contributed by atoms with Crippen molar-refractivity contribution in [2.45, 2.75) is 13.3 Å². The van der Waals surface area contributed by atoms with Crippen LogP contribution in [0.25, 0.3) is 11.4 Å². The highest BCUT2D eigenvalue weighted by Gasteiger charge is 2.11. The summed E-state index contributed by atoms with van der Waals surface area (Å²) in [6.07, 6.45) is 0.761. The summed E-state index contributed by atoms with van der Waals surface area (Å²) in [5, 5.41) is 0. The molecule has 1 aromatic heterocycles. The van der Waals surface area contributed by atoms with E-state index in [1.165, 1.54) is 6.07 Å². The highest BCUT2D eigenvalue weighted by atomic mass is 127. The topological polar surface area (TPSA) is 51.8 Å². The van der Waals surface area contributed by atoms with Crippen LogP contribution in [0.4, 0.5) is 10.2 Å². The van der Waals surface area contributed by atoms with Gasteiger partial charge in [-0.05, 0) is 63.1 Å². The minimum Gasteiger partial charge on any atom is -0.383 e. The summed E-state index contributed by atoms with van der Waals surface area (Å²) < 4.78 is 14.8. The van der Waals surface area contributed by atoms with Crippen molar-refractivity contribution in [2.24, 2.45) is 0 Å². The number of anilines is 1. The summed E-state index contributed by atoms with van der Waals surface area (Å²) in [4.78, 5) is 8.61. The van der Waals surface area contributed by atoms with Crippen molar-refractivity contribution in [3.63, 3.8) is 0 Å². The fraction of sp³-hybridized carbons (Fsp3) is 0.167. The Balaban J connectivity index is 2.57. The van der Waals surface area contributed by atoms with Crippen LogP contribution in [0.15, 0.2) is 22.7 Å². The lowest BCUT2D eigenvalue weighted by Crippen LogP contribution is -2.04. The number of rotatable bonds is 2. The van der Waals surface area contributed by atoms with Crippen molar-refractivity contribution in [1.82, 2.24) is 9.97 Å². The average molecular weight is 422 g/mol. The van der Waals surface area contributed by atoms with Gasteiger partial charge in [0.2, 0.25) is 0 Å². The Kier molecular flexibility index (Phi) is 4.16. The van der Waals surface area contributed by atoms with Gasteiger partial charge in [0.15, 0.2) is 5.82 Å². The quantitative estimate of drug-likeness (QED) is 0.750. The summed E-state index contributed by atoms with van der Waals surface area (Å²) in [5.41, 5.74) is 7.34. The molecular formula is C12H10BrFIN3. The third kappa shape index (κ3) is 2.64. The minimum atomic E-state index is -0.341. The van der Waals surface area contributed by atoms with Crippen molar-refractivity contribution < 1.29 is 4.39 Å². The molecular weight excluding hydrogens is 412 g/mol. The maximum absolute atomic E-state index is 13.5. The molecule has 18 heavy (non-hydrogen) atoms. The number of hydrogen-bond acceptors (Lipinski definition) is 3. The zero-order valence-electron chi connectivity index (χ0n) is 9.54. The Morgan fingerprint density at radius 3 is 2.72 bits per heavy atom. The van der Waals surface area contributed by atoms with Gasteiger partial charge in [-0.2, -0.15) is 0 Å². The second-order valence-corrected chi connectivity index (χ2v) is 5.61. The molecule has 0 aliphatic rings. The fourth-order valence-electron chi connectivity index (χ4n) is 1.51. The number of nitrogens with two attached hydrogens (primary N) is 1. The van der Waals surface area contributed by atoms with Crippen molar-refractivity contribution in [3.8, 4) is 11.4 Å². The van der Waals surface area contributed by atoms with Crippen LogP contribution in [0, 0.1) is 9.39 Å². The smallest absolute Gasteiger partial charge is 0.161 e. The first-order valence-corrected chi connectivity index (χ1v) is 7.17. The van der Waals surface area contributed by atoms with Crippen LogP contribution in [0.5, 0.6) is 0 Å². The van der Waals surface area contributed by atoms with E-state index >= 15 is 0 Å². The molecule has 0 spiro atoms. The summed E-state index contributed by atoms with van der Waals surface area (Å²) >= 11 is 5.24. The Labute approximate surface area is 126 Å². The number of benzene rings is 1. The first-order chi connectivity index (χ1) is 8.52. The van der Waals surface area contributed by atoms with Crippen molar-refractivity contribution in [2.75, 3.05) is 5.73 Å². The average Bonchev–Trinajstić information content (AvgIpc) is 2.36. The van der Waals surface area contributed by atoms with E-state index in [-0.39, 0.29) is 5.82 Å². The van der Waals surface area contributed by atoms with E-state index in [1.807, 2.05) is 6.92 Å². The summed E-state index contributed by atoms with van der Waals surface area (Å²) in [6.45, 7) is 2.00. The van der Waals surface area contributed by atoms with Crippen molar-refractivity contribution in [1.29, 1.82) is 0 Å². The van der Waals surface area contributed by atoms with Crippen LogP contribution < -0.4 is 5.73 Å². The van der Waals surface area contributed by atoms with Gasteiger partial charge in [0.05, 0.1) is 13.7 Å². The second-order valence-electron chi connectivity index (χ2n) is 3.68. The third-order valence-corrected chi connectivity index (χ3v) is 4.28. The molecule has 3 nitrogen and oxygen atoms in total. The highest BCUT2D eigenvalue weighted by molar-refractivity contribution is 14.1. The third-order valence-electron chi connectivity index (χ3n) is 2.46. The van der Waals surface area contributed by atoms with Crippen LogP contribution >= 0.6 is 38.5 Å². The molecule has 94 valence electrons. The second kappa shape index (κ2) is 5.48. The zero-order valence-corrected chi connectivity index (χ0v) is 13.3. The summed E-state index contributed by atoms with van der Waals surface area (Å²) in [5.74, 6) is 0.545. The highest BCUT2D eigenvalue weighted by Crippen LogP contribution is 2.25. The molecule has 0 amide bonds. The molecule has 0 bridgehead atoms. The van der Waals surface area contributed by atoms with Crippen LogP contribution in [0.3, 0.4) is 0 Å². The van der Waals surface area contributed by atoms with Gasteiger partial charge in [-0.3, -0.25) is 0 Å². The summed E-state index contributed by atoms with van der Waals surface area (Å²) in [7, 11) is 0. The minimum absolute atomic E-state index is 0.341. The van der Waals surface area contributed by atoms with Crippen LogP contribution in [0.2, 0.25) is 0 Å². The van der Waals surface area contributed by atoms with Gasteiger partial charge in [0.1, 0.15) is 11.6 Å². The maximum atomic E-state index is 13.5. The van der Waals surface area contributed by atoms with E-state index in [1.54, 1.807) is 12.1 Å². The molecule has 0 saturated carbocycles. The Bertz CT molecular complexity index is 604. The monoisotopic (exact) mass is 421 g/mol. The van der Waals surface area contributed by atoms with E-state index in [2.05, 4.69) is 48.5 Å². The van der Waals surface area contributed by atoms with E-state index in [0.717, 1.165) is 15.7 Å². The molecule has 0 saturated heterocycles. The lowest BCUT2D eigenvalue weighted by atomic mass is 10.2. The van der Waals surface area contributed by atoms with E-state index < -0.39 is 0 Å². The molecule has 0 atom stereocenters. The van der Waals surface area contributed by atoms with E-state index in [9.17, 15) is 4.39 Å². The fourth-order valence-corrected chi connectivity index (χ4v) is 2.38. The molecule has 0 aliphatic heterocycles. The summed E-state index contributed by atoms with van der Waals surface area (Å²) in [6, 6.07) is 4.78. The van der Waals surface area contributed by atoms with E-state index in [0.29, 0.717) is 21.7 Å². The Morgan fingerprint density at radius 1 is 1.39 bits per heavy atom. The normalized spacial score (nSPS) is 10.7. The van der Waals surface area contributed by atoms with Crippen molar-refractivity contribution >= 4 is 44.3 Å². The standard InChI is InChI=1S/C12H10BrFIN3/c1-2-9-10(15)11(16)18-12(17-9)6-3-4-7(13)8(14)5-6/h3-5H,2H2,1H3,(H2,16,17,18). The van der Waals surface area contributed by atoms with Gasteiger partial charge in [0.25, 0.3) is 0 Å². The molecule has 1 aromatic carbocycles. The van der Waals surface area contributed by atoms with Gasteiger partial charge in [-0.1, -0.05) is 6.92 Å². The Hall–Kier alpha value is -0.760. The van der Waals surface area contributed by atoms with Crippen LogP contribution in [-0.4, -0.2) is 9.97 Å². The van der Waals surface area contributed by atoms with Crippen LogP contribution in [-0.2, 0) is 6.42 Å². The van der Waals surface area contributed by atoms with Gasteiger partial charge >= 0.3 is 0 Å². The molecule has 2 rings (SSSR count). The van der Waals surface area contributed by atoms with Gasteiger partial charge in [-0.25, -0.2) is 14.4 Å². The lowest BCUT2D eigenvalue weighted by molar-refractivity contribution is 0.621. The van der Waals surface area contributed by atoms with Gasteiger partial charge in [-0.15, -0.1) is 0 Å². The molecule has 0 fully saturated rings. The number of aromatic nitrogens is 2. The van der Waals surface area contributed by atoms with Gasteiger partial charge in [0, 0.05) is 5.56 Å². The molecule has 0 aliphatic carbocycles. The SMILES string of the molecule is CCc1nc(-c2ccc(Br)c(F)c2)nc(N)c1I. The molecule has 0 radical (unpaired) electrons. The molecule has 2 aromatic rings. The first-order valence-electron chi connectivity index (χ1n) is 5.30. The van der Waals surface area contributed by atoms with Crippen LogP contribution in [0.1, 0.15) is 12.6 Å². The predicted molar refractivity (Wildman–Crippen MR) is 81.6 cm³/mol. The van der Waals surface area contributed by atoms with Gasteiger partial charge < -0.3 is 5.73 Å². The Morgan fingerprint density at radius 2 is 2.11 bits per heavy atom. The molecule has 6 heteroatoms. The maximum Gasteiger partial charge on any atom is 0.161 e. The van der Waals surface area contributed by atoms with E-state index in [4.69, 9.17) is 5.73 Å². The number of nitrogens with zero attached hydrogens (tertiary/aromatic N) is 2. The number of hydrogen-bond donors (Lipinski definition) is 1. The molecule has 2 N–H and O–H groups in total. The largest absolute Gasteiger partial charge is 0.383 e. The predicted octanol–water partition coefficient (Wildman–Crippen LogP) is 3.79. The molecule has 1 heterocycles. The number of nitrogen functional groups attached to an aromatic ring is 1. The number of aryl methyl sites for hydroxylation is 1. The zero-order chi connectivity index (χ0) is 13.3.